The van der Waals surface area contributed by atoms with Crippen molar-refractivity contribution < 1.29 is 29.0 Å². The predicted octanol–water partition coefficient (Wildman–Crippen LogP) is 4.68. The van der Waals surface area contributed by atoms with E-state index in [9.17, 15) is 19.5 Å². The van der Waals surface area contributed by atoms with Crippen molar-refractivity contribution in [1.82, 2.24) is 10.2 Å². The summed E-state index contributed by atoms with van der Waals surface area (Å²) in [5.74, 6) is 0.402. The lowest BCUT2D eigenvalue weighted by molar-refractivity contribution is -0.133. The van der Waals surface area contributed by atoms with Crippen molar-refractivity contribution in [2.75, 3.05) is 49.8 Å². The summed E-state index contributed by atoms with van der Waals surface area (Å²) in [6, 6.07) is 25.7. The maximum Gasteiger partial charge on any atom is 0.254 e. The SMILES string of the molecule is CO[C@@H]1c2cc(N3CN(c4ccccc4)C4(CCNCC4)C3=O)ccc2O[C@H](C(CC(=O)N(CCO)Cc2ccccc2)[Si](C)(C)O)[C@H]1C. The van der Waals surface area contributed by atoms with Gasteiger partial charge in [0.25, 0.3) is 5.91 Å². The van der Waals surface area contributed by atoms with Gasteiger partial charge in [0.2, 0.25) is 5.91 Å². The number of nitrogens with one attached hydrogen (secondary N) is 1. The van der Waals surface area contributed by atoms with Crippen LogP contribution in [0.1, 0.15) is 43.4 Å². The van der Waals surface area contributed by atoms with E-state index in [1.54, 1.807) is 12.0 Å². The summed E-state index contributed by atoms with van der Waals surface area (Å²) in [5, 5.41) is 13.2. The van der Waals surface area contributed by atoms with Gasteiger partial charge in [0.15, 0.2) is 8.32 Å². The van der Waals surface area contributed by atoms with Crippen molar-refractivity contribution in [3.63, 3.8) is 0 Å². The number of benzene rings is 3. The van der Waals surface area contributed by atoms with Crippen LogP contribution in [0.4, 0.5) is 11.4 Å². The summed E-state index contributed by atoms with van der Waals surface area (Å²) in [5.41, 5.74) is 2.60. The Morgan fingerprint density at radius 1 is 1.06 bits per heavy atom. The number of anilines is 2. The Morgan fingerprint density at radius 2 is 1.73 bits per heavy atom. The molecular formula is C38H50N4O6Si. The van der Waals surface area contributed by atoms with Gasteiger partial charge in [-0.15, -0.1) is 0 Å². The third kappa shape index (κ3) is 7.00. The number of piperidine rings is 1. The van der Waals surface area contributed by atoms with E-state index < -0.39 is 25.5 Å². The van der Waals surface area contributed by atoms with Gasteiger partial charge in [0, 0.05) is 55.0 Å². The summed E-state index contributed by atoms with van der Waals surface area (Å²) in [4.78, 5) is 45.6. The predicted molar refractivity (Wildman–Crippen MR) is 193 cm³/mol. The summed E-state index contributed by atoms with van der Waals surface area (Å²) < 4.78 is 12.9. The van der Waals surface area contributed by atoms with Crippen molar-refractivity contribution in [2.45, 2.75) is 69.1 Å². The van der Waals surface area contributed by atoms with Crippen LogP contribution in [0.15, 0.2) is 78.9 Å². The lowest BCUT2D eigenvalue weighted by atomic mass is 9.85. The molecule has 3 aromatic carbocycles. The molecule has 2 fully saturated rings. The average Bonchev–Trinajstić information content (AvgIpc) is 3.37. The van der Waals surface area contributed by atoms with Gasteiger partial charge < -0.3 is 34.5 Å². The number of ether oxygens (including phenoxy) is 2. The number of fused-ring (bicyclic) bond motifs is 1. The van der Waals surface area contributed by atoms with Crippen LogP contribution in [0.3, 0.4) is 0 Å². The number of hydrogen-bond acceptors (Lipinski definition) is 8. The first kappa shape index (κ1) is 35.1. The van der Waals surface area contributed by atoms with E-state index in [0.29, 0.717) is 19.0 Å². The molecule has 3 aromatic rings. The van der Waals surface area contributed by atoms with Crippen molar-refractivity contribution in [2.24, 2.45) is 5.92 Å². The summed E-state index contributed by atoms with van der Waals surface area (Å²) in [7, 11) is -1.29. The molecule has 49 heavy (non-hydrogen) atoms. The third-order valence-corrected chi connectivity index (χ3v) is 13.1. The van der Waals surface area contributed by atoms with E-state index in [-0.39, 0.29) is 43.4 Å². The molecule has 10 nitrogen and oxygen atoms in total. The lowest BCUT2D eigenvalue weighted by Gasteiger charge is -2.44. The average molecular weight is 687 g/mol. The quantitative estimate of drug-likeness (QED) is 0.249. The smallest absolute Gasteiger partial charge is 0.254 e. The zero-order valence-electron chi connectivity index (χ0n) is 29.0. The van der Waals surface area contributed by atoms with Gasteiger partial charge in [0.1, 0.15) is 17.4 Å². The van der Waals surface area contributed by atoms with Crippen molar-refractivity contribution >= 4 is 31.5 Å². The second-order valence-electron chi connectivity index (χ2n) is 14.2. The standard InChI is InChI=1S/C38H50N4O6Si/c1-27-35(47-2)31-23-30(41-26-42(29-13-9-6-10-14-29)38(37(41)45)17-19-39-20-18-38)15-16-32(31)48-36(27)33(49(3,4)46)24-34(44)40(21-22-43)25-28-11-7-5-8-12-28/h5-16,23,27,33,35-36,39,43,46H,17-22,24-26H2,1-4H3/t27-,33?,35-,36-/m0/s1. The van der Waals surface area contributed by atoms with E-state index in [0.717, 1.165) is 48.4 Å². The van der Waals surface area contributed by atoms with Crippen molar-refractivity contribution in [3.05, 3.63) is 90.0 Å². The van der Waals surface area contributed by atoms with Crippen LogP contribution < -0.4 is 19.9 Å². The van der Waals surface area contributed by atoms with Crippen LogP contribution in [0.2, 0.25) is 18.6 Å². The number of para-hydroxylation sites is 1. The molecule has 1 spiro atoms. The zero-order valence-corrected chi connectivity index (χ0v) is 30.0. The second kappa shape index (κ2) is 14.6. The fraction of sp³-hybridized carbons (Fsp3) is 0.474. The molecule has 3 aliphatic rings. The molecule has 0 aromatic heterocycles. The van der Waals surface area contributed by atoms with Crippen molar-refractivity contribution in [1.29, 1.82) is 0 Å². The molecule has 2 amide bonds. The molecule has 1 unspecified atom stereocenters. The number of aliphatic hydroxyl groups excluding tert-OH is 1. The van der Waals surface area contributed by atoms with Crippen LogP contribution in [-0.2, 0) is 20.9 Å². The van der Waals surface area contributed by atoms with E-state index in [1.165, 1.54) is 0 Å². The number of carbonyl (C=O) groups is 2. The van der Waals surface area contributed by atoms with E-state index in [1.807, 2.05) is 91.6 Å². The Hall–Kier alpha value is -3.74. The summed E-state index contributed by atoms with van der Waals surface area (Å²) in [6.45, 7) is 8.18. The Kier molecular flexibility index (Phi) is 10.5. The second-order valence-corrected chi connectivity index (χ2v) is 18.3. The molecule has 3 N–H and O–H groups in total. The molecule has 0 saturated carbocycles. The first-order valence-corrected chi connectivity index (χ1v) is 20.4. The minimum atomic E-state index is -2.96. The van der Waals surface area contributed by atoms with Crippen LogP contribution in [-0.4, -0.2) is 86.6 Å². The first-order valence-electron chi connectivity index (χ1n) is 17.4. The number of nitrogens with zero attached hydrogens (tertiary/aromatic N) is 3. The number of amides is 2. The van der Waals surface area contributed by atoms with Gasteiger partial charge in [-0.3, -0.25) is 14.5 Å². The van der Waals surface area contributed by atoms with Gasteiger partial charge in [-0.25, -0.2) is 0 Å². The highest BCUT2D eigenvalue weighted by molar-refractivity contribution is 6.71. The first-order chi connectivity index (χ1) is 23.6. The van der Waals surface area contributed by atoms with Gasteiger partial charge in [0.05, 0.1) is 19.4 Å². The Morgan fingerprint density at radius 3 is 2.37 bits per heavy atom. The molecule has 3 aliphatic heterocycles. The van der Waals surface area contributed by atoms with Crippen molar-refractivity contribution in [3.8, 4) is 5.75 Å². The molecule has 6 rings (SSSR count). The minimum absolute atomic E-state index is 0.0932. The number of rotatable bonds is 11. The van der Waals surface area contributed by atoms with Crippen LogP contribution in [0.25, 0.3) is 0 Å². The Bertz CT molecular complexity index is 1600. The number of aliphatic hydroxyl groups is 1. The topological polar surface area (TPSA) is 115 Å². The summed E-state index contributed by atoms with van der Waals surface area (Å²) >= 11 is 0. The highest BCUT2D eigenvalue weighted by Crippen LogP contribution is 2.49. The largest absolute Gasteiger partial charge is 0.490 e. The number of hydrogen-bond donors (Lipinski definition) is 3. The van der Waals surface area contributed by atoms with Gasteiger partial charge in [-0.2, -0.15) is 0 Å². The van der Waals surface area contributed by atoms with Crippen LogP contribution in [0.5, 0.6) is 5.75 Å². The Balaban J connectivity index is 1.27. The van der Waals surface area contributed by atoms with Gasteiger partial charge >= 0.3 is 0 Å². The third-order valence-electron chi connectivity index (χ3n) is 10.7. The monoisotopic (exact) mass is 686 g/mol. The normalized spacial score (nSPS) is 22.5. The minimum Gasteiger partial charge on any atom is -0.490 e. The summed E-state index contributed by atoms with van der Waals surface area (Å²) in [6.07, 6.45) is 0.693. The molecule has 262 valence electrons. The molecule has 0 bridgehead atoms. The maximum absolute atomic E-state index is 14.3. The zero-order chi connectivity index (χ0) is 34.8. The van der Waals surface area contributed by atoms with E-state index in [2.05, 4.69) is 22.3 Å². The highest BCUT2D eigenvalue weighted by atomic mass is 28.4. The van der Waals surface area contributed by atoms with E-state index in [4.69, 9.17) is 9.47 Å². The molecule has 3 heterocycles. The molecule has 2 saturated heterocycles. The lowest BCUT2D eigenvalue weighted by Crippen LogP contribution is -2.55. The molecular weight excluding hydrogens is 637 g/mol. The molecule has 4 atom stereocenters. The molecule has 0 aliphatic carbocycles. The molecule has 0 radical (unpaired) electrons. The highest BCUT2D eigenvalue weighted by Gasteiger charge is 2.54. The van der Waals surface area contributed by atoms with Gasteiger partial charge in [-0.05, 0) is 74.9 Å². The fourth-order valence-electron chi connectivity index (χ4n) is 8.00. The molecule has 11 heteroatoms. The maximum atomic E-state index is 14.3. The number of methoxy groups -OCH3 is 1. The Labute approximate surface area is 290 Å². The van der Waals surface area contributed by atoms with Crippen LogP contribution >= 0.6 is 0 Å². The fourth-order valence-corrected chi connectivity index (χ4v) is 9.85. The number of carbonyl (C=O) groups excluding carboxylic acids is 2. The van der Waals surface area contributed by atoms with E-state index >= 15 is 0 Å². The van der Waals surface area contributed by atoms with Gasteiger partial charge in [-0.1, -0.05) is 55.5 Å². The van der Waals surface area contributed by atoms with Crippen LogP contribution in [0, 0.1) is 5.92 Å².